The number of hydrogen-bond acceptors (Lipinski definition) is 3. The second-order valence-corrected chi connectivity index (χ2v) is 8.65. The molecular formula is C14H25Cl2N5O2S. The lowest BCUT2D eigenvalue weighted by atomic mass is 10.1. The second-order valence-electron chi connectivity index (χ2n) is 6.14. The first-order valence-corrected chi connectivity index (χ1v) is 10.1. The highest BCUT2D eigenvalue weighted by Gasteiger charge is 2.22. The van der Waals surface area contributed by atoms with Crippen LogP contribution in [-0.2, 0) is 23.6 Å². The normalized spacial score (nSPS) is 13.2. The van der Waals surface area contributed by atoms with E-state index in [4.69, 9.17) is 23.2 Å². The Kier molecular flexibility index (Phi) is 7.40. The molecule has 1 rings (SSSR count). The highest BCUT2D eigenvalue weighted by atomic mass is 35.5. The number of nitrogens with one attached hydrogen (secondary N) is 3. The zero-order valence-corrected chi connectivity index (χ0v) is 16.9. The van der Waals surface area contributed by atoms with Gasteiger partial charge in [-0.15, -0.1) is 0 Å². The van der Waals surface area contributed by atoms with Crippen LogP contribution in [-0.4, -0.2) is 43.8 Å². The molecule has 0 amide bonds. The van der Waals surface area contributed by atoms with Crippen LogP contribution < -0.4 is 15.4 Å². The Morgan fingerprint density at radius 3 is 2.42 bits per heavy atom. The van der Waals surface area contributed by atoms with E-state index in [1.165, 1.54) is 0 Å². The Morgan fingerprint density at radius 2 is 1.96 bits per heavy atom. The van der Waals surface area contributed by atoms with Crippen molar-refractivity contribution < 1.29 is 8.42 Å². The van der Waals surface area contributed by atoms with E-state index >= 15 is 0 Å². The van der Waals surface area contributed by atoms with Crippen molar-refractivity contribution in [2.45, 2.75) is 32.9 Å². The topological polar surface area (TPSA) is 87.5 Å². The molecule has 0 aliphatic rings. The lowest BCUT2D eigenvalue weighted by Crippen LogP contribution is -2.53. The van der Waals surface area contributed by atoms with Gasteiger partial charge in [0.15, 0.2) is 5.96 Å². The molecule has 0 radical (unpaired) electrons. The summed E-state index contributed by atoms with van der Waals surface area (Å²) in [7, 11) is -1.47. The van der Waals surface area contributed by atoms with Crippen LogP contribution in [0.3, 0.4) is 0 Å². The van der Waals surface area contributed by atoms with Crippen molar-refractivity contribution in [3.05, 3.63) is 21.9 Å². The van der Waals surface area contributed by atoms with Crippen LogP contribution in [0.5, 0.6) is 0 Å². The number of halogens is 2. The number of guanidine groups is 1. The van der Waals surface area contributed by atoms with Gasteiger partial charge in [-0.05, 0) is 26.8 Å². The predicted octanol–water partition coefficient (Wildman–Crippen LogP) is 1.71. The fraction of sp³-hybridized carbons (Fsp3) is 0.643. The summed E-state index contributed by atoms with van der Waals surface area (Å²) in [6, 6.07) is 1.77. The lowest BCUT2D eigenvalue weighted by Gasteiger charge is -2.26. The highest BCUT2D eigenvalue weighted by Crippen LogP contribution is 2.25. The quantitative estimate of drug-likeness (QED) is 0.482. The molecule has 0 unspecified atom stereocenters. The first-order chi connectivity index (χ1) is 10.9. The molecule has 0 aliphatic carbocycles. The summed E-state index contributed by atoms with van der Waals surface area (Å²) >= 11 is 12.0. The van der Waals surface area contributed by atoms with Gasteiger partial charge in [0.2, 0.25) is 10.0 Å². The van der Waals surface area contributed by atoms with Gasteiger partial charge in [-0.2, -0.15) is 0 Å². The number of aromatic nitrogens is 1. The third-order valence-electron chi connectivity index (χ3n) is 3.12. The molecule has 24 heavy (non-hydrogen) atoms. The molecule has 3 N–H and O–H groups in total. The minimum absolute atomic E-state index is 0.376. The molecular weight excluding hydrogens is 373 g/mol. The first-order valence-electron chi connectivity index (χ1n) is 7.46. The molecule has 1 aromatic heterocycles. The van der Waals surface area contributed by atoms with Gasteiger partial charge >= 0.3 is 0 Å². The molecule has 0 bridgehead atoms. The van der Waals surface area contributed by atoms with E-state index in [1.54, 1.807) is 24.5 Å². The van der Waals surface area contributed by atoms with Crippen LogP contribution >= 0.6 is 23.2 Å². The third kappa shape index (κ3) is 6.88. The fourth-order valence-corrected chi connectivity index (χ4v) is 3.58. The van der Waals surface area contributed by atoms with Crippen LogP contribution in [0.4, 0.5) is 0 Å². The van der Waals surface area contributed by atoms with Crippen LogP contribution in [0, 0.1) is 0 Å². The van der Waals surface area contributed by atoms with E-state index in [9.17, 15) is 8.42 Å². The van der Waals surface area contributed by atoms with Crippen LogP contribution in [0.15, 0.2) is 11.1 Å². The Bertz CT molecular complexity index is 698. The lowest BCUT2D eigenvalue weighted by molar-refractivity contribution is 0.446. The number of hydrogen-bond donors (Lipinski definition) is 3. The molecule has 0 atom stereocenters. The zero-order chi connectivity index (χ0) is 18.5. The Balaban J connectivity index is 2.77. The van der Waals surface area contributed by atoms with Crippen molar-refractivity contribution in [1.82, 2.24) is 19.9 Å². The van der Waals surface area contributed by atoms with Gasteiger partial charge in [-0.1, -0.05) is 23.2 Å². The predicted molar refractivity (Wildman–Crippen MR) is 100 cm³/mol. The Labute approximate surface area is 153 Å². The molecule has 7 nitrogen and oxygen atoms in total. The van der Waals surface area contributed by atoms with E-state index < -0.39 is 15.6 Å². The molecule has 0 spiro atoms. The van der Waals surface area contributed by atoms with Crippen molar-refractivity contribution in [3.63, 3.8) is 0 Å². The highest BCUT2D eigenvalue weighted by molar-refractivity contribution is 7.88. The van der Waals surface area contributed by atoms with Crippen molar-refractivity contribution in [3.8, 4) is 0 Å². The van der Waals surface area contributed by atoms with Gasteiger partial charge in [-0.25, -0.2) is 18.1 Å². The van der Waals surface area contributed by atoms with Gasteiger partial charge in [0, 0.05) is 31.4 Å². The molecule has 1 heterocycles. The molecule has 0 saturated heterocycles. The summed E-state index contributed by atoms with van der Waals surface area (Å²) in [5.41, 5.74) is 0.220. The molecule has 0 aliphatic heterocycles. The summed E-state index contributed by atoms with van der Waals surface area (Å²) in [5.74, 6) is 0.578. The second kappa shape index (κ2) is 8.42. The van der Waals surface area contributed by atoms with Crippen LogP contribution in [0.2, 0.25) is 10.2 Å². The average molecular weight is 398 g/mol. The number of aliphatic imine (C=N–C) groups is 1. The van der Waals surface area contributed by atoms with E-state index in [0.717, 1.165) is 11.9 Å². The smallest absolute Gasteiger partial charge is 0.209 e. The summed E-state index contributed by atoms with van der Waals surface area (Å²) in [6.45, 7) is 6.98. The minimum Gasteiger partial charge on any atom is -0.357 e. The molecule has 0 aromatic carbocycles. The Morgan fingerprint density at radius 1 is 1.33 bits per heavy atom. The van der Waals surface area contributed by atoms with E-state index in [0.29, 0.717) is 35.8 Å². The van der Waals surface area contributed by atoms with Crippen molar-refractivity contribution in [2.24, 2.45) is 12.0 Å². The molecule has 0 saturated carbocycles. The molecule has 1 aromatic rings. The summed E-state index contributed by atoms with van der Waals surface area (Å²) < 4.78 is 27.1. The average Bonchev–Trinajstić information content (AvgIpc) is 2.67. The maximum atomic E-state index is 11.4. The van der Waals surface area contributed by atoms with Crippen molar-refractivity contribution >= 4 is 39.2 Å². The standard InChI is InChI=1S/C14H25Cl2N5O2S/c1-6-17-13(19-9-14(2,3)20-24(5,22)23)18-8-10-7-11(15)12(16)21(10)4/h7,20H,6,8-9H2,1-5H3,(H2,17,18,19). The fourth-order valence-electron chi connectivity index (χ4n) is 2.09. The summed E-state index contributed by atoms with van der Waals surface area (Å²) in [6.07, 6.45) is 1.14. The molecule has 0 fully saturated rings. The minimum atomic E-state index is -3.29. The maximum absolute atomic E-state index is 11.4. The first kappa shape index (κ1) is 21.1. The molecule has 138 valence electrons. The number of sulfonamides is 1. The third-order valence-corrected chi connectivity index (χ3v) is 4.88. The maximum Gasteiger partial charge on any atom is 0.209 e. The van der Waals surface area contributed by atoms with Crippen LogP contribution in [0.25, 0.3) is 0 Å². The Hall–Kier alpha value is -0.960. The summed E-state index contributed by atoms with van der Waals surface area (Å²) in [4.78, 5) is 4.48. The van der Waals surface area contributed by atoms with E-state index in [1.807, 2.05) is 14.0 Å². The van der Waals surface area contributed by atoms with Gasteiger partial charge in [0.05, 0.1) is 17.8 Å². The zero-order valence-electron chi connectivity index (χ0n) is 14.6. The van der Waals surface area contributed by atoms with Gasteiger partial charge < -0.3 is 15.2 Å². The molecule has 10 heteroatoms. The van der Waals surface area contributed by atoms with Gasteiger partial charge in [-0.3, -0.25) is 0 Å². The van der Waals surface area contributed by atoms with Crippen LogP contribution in [0.1, 0.15) is 26.5 Å². The number of rotatable bonds is 7. The van der Waals surface area contributed by atoms with Crippen molar-refractivity contribution in [2.75, 3.05) is 19.3 Å². The largest absolute Gasteiger partial charge is 0.357 e. The monoisotopic (exact) mass is 397 g/mol. The summed E-state index contributed by atoms with van der Waals surface area (Å²) in [5, 5.41) is 7.20. The van der Waals surface area contributed by atoms with E-state index in [2.05, 4.69) is 20.3 Å². The van der Waals surface area contributed by atoms with Gasteiger partial charge in [0.1, 0.15) is 5.15 Å². The number of nitrogens with zero attached hydrogens (tertiary/aromatic N) is 2. The van der Waals surface area contributed by atoms with E-state index in [-0.39, 0.29) is 0 Å². The van der Waals surface area contributed by atoms with Gasteiger partial charge in [0.25, 0.3) is 0 Å². The van der Waals surface area contributed by atoms with Crippen molar-refractivity contribution in [1.29, 1.82) is 0 Å². The SMILES string of the molecule is CCNC(=NCc1cc(Cl)c(Cl)n1C)NCC(C)(C)NS(C)(=O)=O.